The highest BCUT2D eigenvalue weighted by Crippen LogP contribution is 2.28. The first-order valence-electron chi connectivity index (χ1n) is 11.4. The van der Waals surface area contributed by atoms with Crippen LogP contribution in [0.5, 0.6) is 11.5 Å². The molecule has 0 aromatic heterocycles. The number of benzene rings is 3. The smallest absolute Gasteiger partial charge is 0.255 e. The number of hydrogen-bond donors (Lipinski definition) is 2. The van der Waals surface area contributed by atoms with Crippen LogP contribution in [0.4, 0.5) is 5.69 Å². The van der Waals surface area contributed by atoms with Gasteiger partial charge >= 0.3 is 0 Å². The summed E-state index contributed by atoms with van der Waals surface area (Å²) in [5.41, 5.74) is 8.41. The van der Waals surface area contributed by atoms with Gasteiger partial charge in [0.25, 0.3) is 11.8 Å². The lowest BCUT2D eigenvalue weighted by atomic mass is 9.92. The Morgan fingerprint density at radius 1 is 0.886 bits per heavy atom. The van der Waals surface area contributed by atoms with E-state index in [1.807, 2.05) is 73.3 Å². The molecule has 0 radical (unpaired) electrons. The Kier molecular flexibility index (Phi) is 8.49. The van der Waals surface area contributed by atoms with Crippen molar-refractivity contribution in [1.82, 2.24) is 4.90 Å². The summed E-state index contributed by atoms with van der Waals surface area (Å²) < 4.78 is 10.5. The highest BCUT2D eigenvalue weighted by molar-refractivity contribution is 6.04. The van der Waals surface area contributed by atoms with Crippen LogP contribution in [-0.4, -0.2) is 44.0 Å². The van der Waals surface area contributed by atoms with Gasteiger partial charge in [-0.25, -0.2) is 0 Å². The van der Waals surface area contributed by atoms with E-state index < -0.39 is 0 Å². The predicted octanol–water partition coefficient (Wildman–Crippen LogP) is 4.58. The third-order valence-corrected chi connectivity index (χ3v) is 5.71. The van der Waals surface area contributed by atoms with E-state index in [0.29, 0.717) is 47.9 Å². The van der Waals surface area contributed by atoms with Crippen LogP contribution >= 0.6 is 0 Å². The molecule has 3 aromatic rings. The number of carbonyl (C=O) groups is 2. The number of anilines is 1. The minimum atomic E-state index is -0.260. The summed E-state index contributed by atoms with van der Waals surface area (Å²) in [6.07, 6.45) is 0. The first-order chi connectivity index (χ1) is 16.8. The van der Waals surface area contributed by atoms with Gasteiger partial charge in [-0.15, -0.1) is 0 Å². The Morgan fingerprint density at radius 3 is 2.14 bits per heavy atom. The lowest BCUT2D eigenvalue weighted by molar-refractivity contribution is 0.0673. The van der Waals surface area contributed by atoms with E-state index in [1.165, 1.54) is 7.11 Å². The molecule has 7 heteroatoms. The fraction of sp³-hybridized carbons (Fsp3) is 0.286. The van der Waals surface area contributed by atoms with Gasteiger partial charge in [-0.05, 0) is 60.0 Å². The van der Waals surface area contributed by atoms with E-state index in [9.17, 15) is 9.59 Å². The Balaban J connectivity index is 1.73. The molecule has 0 saturated carbocycles. The van der Waals surface area contributed by atoms with Gasteiger partial charge in [-0.2, -0.15) is 0 Å². The lowest BCUT2D eigenvalue weighted by Gasteiger charge is -2.32. The van der Waals surface area contributed by atoms with Crippen LogP contribution < -0.4 is 20.5 Å². The van der Waals surface area contributed by atoms with Crippen molar-refractivity contribution in [2.24, 2.45) is 11.1 Å². The van der Waals surface area contributed by atoms with Gasteiger partial charge in [-0.3, -0.25) is 9.59 Å². The van der Waals surface area contributed by atoms with E-state index in [1.54, 1.807) is 25.3 Å². The first kappa shape index (κ1) is 25.8. The summed E-state index contributed by atoms with van der Waals surface area (Å²) in [4.78, 5) is 27.7. The Labute approximate surface area is 206 Å². The number of nitrogens with zero attached hydrogens (tertiary/aromatic N) is 1. The fourth-order valence-electron chi connectivity index (χ4n) is 3.64. The molecule has 0 spiro atoms. The monoisotopic (exact) mass is 475 g/mol. The normalized spacial score (nSPS) is 11.0. The van der Waals surface area contributed by atoms with Crippen molar-refractivity contribution < 1.29 is 19.1 Å². The minimum Gasteiger partial charge on any atom is -0.493 e. The van der Waals surface area contributed by atoms with E-state index in [4.69, 9.17) is 15.2 Å². The van der Waals surface area contributed by atoms with Crippen LogP contribution in [0, 0.1) is 5.41 Å². The van der Waals surface area contributed by atoms with Crippen LogP contribution in [0.15, 0.2) is 72.8 Å². The molecular weight excluding hydrogens is 442 g/mol. The molecule has 35 heavy (non-hydrogen) atoms. The van der Waals surface area contributed by atoms with E-state index in [2.05, 4.69) is 5.32 Å². The van der Waals surface area contributed by atoms with Crippen LogP contribution in [0.3, 0.4) is 0 Å². The van der Waals surface area contributed by atoms with Crippen LogP contribution in [0.2, 0.25) is 0 Å². The summed E-state index contributed by atoms with van der Waals surface area (Å²) >= 11 is 0. The molecule has 7 nitrogen and oxygen atoms in total. The molecule has 0 atom stereocenters. The molecule has 184 valence electrons. The van der Waals surface area contributed by atoms with Crippen LogP contribution in [0.1, 0.15) is 40.1 Å². The number of carbonyl (C=O) groups excluding carboxylic acids is 2. The molecule has 0 heterocycles. The maximum atomic E-state index is 13.2. The van der Waals surface area contributed by atoms with Crippen molar-refractivity contribution in [3.8, 4) is 11.5 Å². The molecule has 0 aliphatic carbocycles. The standard InChI is InChI=1S/C28H33N3O4/c1-28(2,18-29)19-31(27(33)21-8-6-5-7-9-21)17-20-10-13-23(14-11-20)30-26(32)22-12-15-24(34-3)25(16-22)35-4/h5-16H,17-19,29H2,1-4H3,(H,30,32). The van der Waals surface area contributed by atoms with Gasteiger partial charge in [0, 0.05) is 29.9 Å². The maximum Gasteiger partial charge on any atom is 0.255 e. The van der Waals surface area contributed by atoms with E-state index >= 15 is 0 Å². The van der Waals surface area contributed by atoms with Crippen LogP contribution in [-0.2, 0) is 6.54 Å². The van der Waals surface area contributed by atoms with Crippen LogP contribution in [0.25, 0.3) is 0 Å². The second kappa shape index (κ2) is 11.5. The quantitative estimate of drug-likeness (QED) is 0.448. The van der Waals surface area contributed by atoms with Crippen molar-refractivity contribution in [3.63, 3.8) is 0 Å². The topological polar surface area (TPSA) is 93.9 Å². The molecule has 0 bridgehead atoms. The molecule has 0 unspecified atom stereocenters. The van der Waals surface area contributed by atoms with Crippen molar-refractivity contribution in [1.29, 1.82) is 0 Å². The number of ether oxygens (including phenoxy) is 2. The highest BCUT2D eigenvalue weighted by atomic mass is 16.5. The number of hydrogen-bond acceptors (Lipinski definition) is 5. The molecule has 3 rings (SSSR count). The molecular formula is C28H33N3O4. The largest absolute Gasteiger partial charge is 0.493 e. The third-order valence-electron chi connectivity index (χ3n) is 5.71. The molecule has 3 aromatic carbocycles. The molecule has 0 aliphatic heterocycles. The average Bonchev–Trinajstić information content (AvgIpc) is 2.88. The second-order valence-electron chi connectivity index (χ2n) is 9.12. The molecule has 0 aliphatic rings. The SMILES string of the molecule is COc1ccc(C(=O)Nc2ccc(CN(CC(C)(C)CN)C(=O)c3ccccc3)cc2)cc1OC. The predicted molar refractivity (Wildman–Crippen MR) is 138 cm³/mol. The molecule has 2 amide bonds. The summed E-state index contributed by atoms with van der Waals surface area (Å²) in [6, 6.07) is 21.7. The van der Waals surface area contributed by atoms with E-state index in [0.717, 1.165) is 5.56 Å². The highest BCUT2D eigenvalue weighted by Gasteiger charge is 2.25. The molecule has 0 fully saturated rings. The number of methoxy groups -OCH3 is 2. The number of nitrogens with one attached hydrogen (secondary N) is 1. The number of rotatable bonds is 10. The van der Waals surface area contributed by atoms with Gasteiger partial charge in [0.1, 0.15) is 0 Å². The minimum absolute atomic E-state index is 0.0436. The summed E-state index contributed by atoms with van der Waals surface area (Å²) in [5.74, 6) is 0.738. The Morgan fingerprint density at radius 2 is 1.54 bits per heavy atom. The van der Waals surface area contributed by atoms with Gasteiger partial charge in [-0.1, -0.05) is 44.2 Å². The number of amides is 2. The summed E-state index contributed by atoms with van der Waals surface area (Å²) in [7, 11) is 3.07. The van der Waals surface area contributed by atoms with Gasteiger partial charge in [0.15, 0.2) is 11.5 Å². The van der Waals surface area contributed by atoms with Crippen molar-refractivity contribution in [2.45, 2.75) is 20.4 Å². The Bertz CT molecular complexity index is 1140. The Hall–Kier alpha value is -3.84. The van der Waals surface area contributed by atoms with Crippen molar-refractivity contribution in [2.75, 3.05) is 32.6 Å². The fourth-order valence-corrected chi connectivity index (χ4v) is 3.64. The molecule has 0 saturated heterocycles. The van der Waals surface area contributed by atoms with E-state index in [-0.39, 0.29) is 17.2 Å². The number of nitrogens with two attached hydrogens (primary N) is 1. The average molecular weight is 476 g/mol. The van der Waals surface area contributed by atoms with Gasteiger partial charge < -0.3 is 25.4 Å². The summed E-state index contributed by atoms with van der Waals surface area (Å²) in [5, 5.41) is 2.89. The third kappa shape index (κ3) is 6.83. The first-order valence-corrected chi connectivity index (χ1v) is 11.4. The van der Waals surface area contributed by atoms with Crippen molar-refractivity contribution in [3.05, 3.63) is 89.5 Å². The zero-order chi connectivity index (χ0) is 25.4. The lowest BCUT2D eigenvalue weighted by Crippen LogP contribution is -2.41. The van der Waals surface area contributed by atoms with Crippen molar-refractivity contribution >= 4 is 17.5 Å². The molecule has 3 N–H and O–H groups in total. The summed E-state index contributed by atoms with van der Waals surface area (Å²) in [6.45, 7) is 5.51. The second-order valence-corrected chi connectivity index (χ2v) is 9.12. The zero-order valence-electron chi connectivity index (χ0n) is 20.7. The van der Waals surface area contributed by atoms with Gasteiger partial charge in [0.05, 0.1) is 14.2 Å². The zero-order valence-corrected chi connectivity index (χ0v) is 20.7. The maximum absolute atomic E-state index is 13.2. The van der Waals surface area contributed by atoms with Gasteiger partial charge in [0.2, 0.25) is 0 Å².